The van der Waals surface area contributed by atoms with Crippen LogP contribution in [0.2, 0.25) is 5.22 Å². The van der Waals surface area contributed by atoms with Crippen LogP contribution in [0.15, 0.2) is 41.0 Å². The van der Waals surface area contributed by atoms with Crippen LogP contribution < -0.4 is 10.1 Å². The van der Waals surface area contributed by atoms with E-state index in [0.717, 1.165) is 11.3 Å². The van der Waals surface area contributed by atoms with Crippen LogP contribution in [0.25, 0.3) is 0 Å². The van der Waals surface area contributed by atoms with Gasteiger partial charge in [0.2, 0.25) is 5.22 Å². The average molecular weight is 321 g/mol. The number of piperazine rings is 1. The van der Waals surface area contributed by atoms with Gasteiger partial charge in [-0.3, -0.25) is 4.79 Å². The van der Waals surface area contributed by atoms with Crippen LogP contribution in [0, 0.1) is 0 Å². The Bertz CT molecular complexity index is 671. The number of benzene rings is 1. The Morgan fingerprint density at radius 1 is 1.41 bits per heavy atom. The number of hydrogen-bond acceptors (Lipinski definition) is 4. The second-order valence-corrected chi connectivity index (χ2v) is 5.45. The molecule has 0 radical (unpaired) electrons. The molecular weight excluding hydrogens is 304 g/mol. The number of halogens is 1. The van der Waals surface area contributed by atoms with Gasteiger partial charge < -0.3 is 19.4 Å². The molecule has 0 spiro atoms. The van der Waals surface area contributed by atoms with E-state index in [-0.39, 0.29) is 17.2 Å². The third-order valence-electron chi connectivity index (χ3n) is 3.83. The number of nitrogens with zero attached hydrogens (tertiary/aromatic N) is 1. The molecular formula is C16H17ClN2O3. The van der Waals surface area contributed by atoms with Crippen molar-refractivity contribution in [1.82, 2.24) is 10.2 Å². The number of hydrogen-bond donors (Lipinski definition) is 1. The lowest BCUT2D eigenvalue weighted by molar-refractivity contribution is 0.0701. The fourth-order valence-electron chi connectivity index (χ4n) is 2.71. The molecule has 0 saturated carbocycles. The molecule has 116 valence electrons. The molecule has 0 aliphatic carbocycles. The molecule has 1 atom stereocenters. The fourth-order valence-corrected chi connectivity index (χ4v) is 2.91. The number of amides is 1. The zero-order valence-corrected chi connectivity index (χ0v) is 13.0. The van der Waals surface area contributed by atoms with Gasteiger partial charge in [-0.15, -0.1) is 0 Å². The number of ether oxygens (including phenoxy) is 1. The summed E-state index contributed by atoms with van der Waals surface area (Å²) >= 11 is 5.91. The summed E-state index contributed by atoms with van der Waals surface area (Å²) in [5.41, 5.74) is 1.45. The molecule has 22 heavy (non-hydrogen) atoms. The van der Waals surface area contributed by atoms with Crippen LogP contribution >= 0.6 is 11.6 Å². The molecule has 1 N–H and O–H groups in total. The lowest BCUT2D eigenvalue weighted by atomic mass is 10.0. The lowest BCUT2D eigenvalue weighted by Gasteiger charge is -2.34. The van der Waals surface area contributed by atoms with Crippen molar-refractivity contribution in [2.45, 2.75) is 6.04 Å². The van der Waals surface area contributed by atoms with E-state index in [4.69, 9.17) is 20.8 Å². The highest BCUT2D eigenvalue weighted by atomic mass is 35.5. The monoisotopic (exact) mass is 320 g/mol. The van der Waals surface area contributed by atoms with Crippen LogP contribution in [0.1, 0.15) is 22.0 Å². The van der Waals surface area contributed by atoms with Gasteiger partial charge in [0.15, 0.2) is 0 Å². The van der Waals surface area contributed by atoms with Crippen molar-refractivity contribution in [2.75, 3.05) is 26.7 Å². The van der Waals surface area contributed by atoms with Crippen molar-refractivity contribution in [2.24, 2.45) is 0 Å². The molecule has 0 bridgehead atoms. The van der Waals surface area contributed by atoms with E-state index in [0.29, 0.717) is 25.2 Å². The van der Waals surface area contributed by atoms with Crippen molar-refractivity contribution in [3.63, 3.8) is 0 Å². The Hall–Kier alpha value is -1.98. The van der Waals surface area contributed by atoms with Gasteiger partial charge in [-0.2, -0.15) is 0 Å². The van der Waals surface area contributed by atoms with Crippen molar-refractivity contribution in [3.05, 3.63) is 52.9 Å². The van der Waals surface area contributed by atoms with Gasteiger partial charge in [-0.25, -0.2) is 0 Å². The van der Waals surface area contributed by atoms with Gasteiger partial charge >= 0.3 is 0 Å². The van der Waals surface area contributed by atoms with Gasteiger partial charge in [-0.1, -0.05) is 18.2 Å². The van der Waals surface area contributed by atoms with Crippen molar-refractivity contribution in [3.8, 4) is 5.75 Å². The molecule has 1 aromatic carbocycles. The molecule has 6 heteroatoms. The van der Waals surface area contributed by atoms with E-state index < -0.39 is 0 Å². The third-order valence-corrected chi connectivity index (χ3v) is 4.12. The number of methoxy groups -OCH3 is 1. The molecule has 1 aliphatic rings. The maximum absolute atomic E-state index is 12.5. The Kier molecular flexibility index (Phi) is 4.36. The first kappa shape index (κ1) is 14.9. The van der Waals surface area contributed by atoms with E-state index in [1.165, 1.54) is 6.26 Å². The topological polar surface area (TPSA) is 54.7 Å². The quantitative estimate of drug-likeness (QED) is 0.944. The third kappa shape index (κ3) is 2.82. The summed E-state index contributed by atoms with van der Waals surface area (Å²) in [4.78, 5) is 14.3. The molecule has 1 aromatic heterocycles. The number of furan rings is 1. The number of carbonyl (C=O) groups is 1. The molecule has 1 unspecified atom stereocenters. The molecule has 1 fully saturated rings. The summed E-state index contributed by atoms with van der Waals surface area (Å²) in [7, 11) is 1.65. The van der Waals surface area contributed by atoms with Crippen molar-refractivity contribution < 1.29 is 13.9 Å². The minimum absolute atomic E-state index is 0.0273. The van der Waals surface area contributed by atoms with Crippen LogP contribution in [0.4, 0.5) is 0 Å². The largest absolute Gasteiger partial charge is 0.496 e. The van der Waals surface area contributed by atoms with Gasteiger partial charge in [-0.05, 0) is 23.7 Å². The molecule has 1 saturated heterocycles. The van der Waals surface area contributed by atoms with Crippen LogP contribution in [-0.2, 0) is 0 Å². The van der Waals surface area contributed by atoms with Crippen LogP contribution in [-0.4, -0.2) is 37.6 Å². The highest BCUT2D eigenvalue weighted by Crippen LogP contribution is 2.28. The Labute approximate surface area is 133 Å². The number of para-hydroxylation sites is 1. The first-order chi connectivity index (χ1) is 10.7. The summed E-state index contributed by atoms with van der Waals surface area (Å²) in [6, 6.07) is 9.46. The van der Waals surface area contributed by atoms with Crippen LogP contribution in [0.3, 0.4) is 0 Å². The zero-order chi connectivity index (χ0) is 15.5. The molecule has 1 aliphatic heterocycles. The molecule has 2 aromatic rings. The van der Waals surface area contributed by atoms with E-state index in [9.17, 15) is 4.79 Å². The normalized spacial score (nSPS) is 18.3. The van der Waals surface area contributed by atoms with Crippen LogP contribution in [0.5, 0.6) is 5.75 Å². The van der Waals surface area contributed by atoms with Gasteiger partial charge in [0.05, 0.1) is 25.0 Å². The number of carbonyl (C=O) groups excluding carboxylic acids is 1. The fraction of sp³-hybridized carbons (Fsp3) is 0.312. The maximum atomic E-state index is 12.5. The second-order valence-electron chi connectivity index (χ2n) is 5.11. The minimum Gasteiger partial charge on any atom is -0.496 e. The lowest BCUT2D eigenvalue weighted by Crippen LogP contribution is -2.48. The van der Waals surface area contributed by atoms with Gasteiger partial charge in [0.1, 0.15) is 5.75 Å². The van der Waals surface area contributed by atoms with Crippen molar-refractivity contribution in [1.29, 1.82) is 0 Å². The Morgan fingerprint density at radius 3 is 2.95 bits per heavy atom. The summed E-state index contributed by atoms with van der Waals surface area (Å²) in [6.07, 6.45) is 1.43. The first-order valence-electron chi connectivity index (χ1n) is 7.09. The summed E-state index contributed by atoms with van der Waals surface area (Å²) in [5, 5.41) is 3.56. The summed E-state index contributed by atoms with van der Waals surface area (Å²) in [6.45, 7) is 1.90. The maximum Gasteiger partial charge on any atom is 0.258 e. The molecule has 2 heterocycles. The van der Waals surface area contributed by atoms with Crippen molar-refractivity contribution >= 4 is 17.5 Å². The standard InChI is InChI=1S/C16H17ClN2O3/c1-21-14-5-3-2-4-11(14)13-10-19(8-7-18-13)16(20)12-6-9-22-15(12)17/h2-6,9,13,18H,7-8,10H2,1H3. The minimum atomic E-state index is -0.111. The SMILES string of the molecule is COc1ccccc1C1CN(C(=O)c2ccoc2Cl)CCN1. The Morgan fingerprint density at radius 2 is 2.23 bits per heavy atom. The van der Waals surface area contributed by atoms with E-state index in [1.807, 2.05) is 24.3 Å². The van der Waals surface area contributed by atoms with E-state index in [1.54, 1.807) is 18.1 Å². The van der Waals surface area contributed by atoms with E-state index >= 15 is 0 Å². The predicted octanol–water partition coefficient (Wildman–Crippen LogP) is 2.73. The average Bonchev–Trinajstić information content (AvgIpc) is 3.00. The zero-order valence-electron chi connectivity index (χ0n) is 12.2. The summed E-state index contributed by atoms with van der Waals surface area (Å²) < 4.78 is 10.4. The van der Waals surface area contributed by atoms with E-state index in [2.05, 4.69) is 5.32 Å². The van der Waals surface area contributed by atoms with Gasteiger partial charge in [0, 0.05) is 25.2 Å². The highest BCUT2D eigenvalue weighted by Gasteiger charge is 2.28. The molecule has 1 amide bonds. The Balaban J connectivity index is 1.80. The van der Waals surface area contributed by atoms with Gasteiger partial charge in [0.25, 0.3) is 5.91 Å². The second kappa shape index (κ2) is 6.42. The number of nitrogens with one attached hydrogen (secondary N) is 1. The predicted molar refractivity (Wildman–Crippen MR) is 83.4 cm³/mol. The molecule has 3 rings (SSSR count). The number of rotatable bonds is 3. The smallest absolute Gasteiger partial charge is 0.258 e. The summed E-state index contributed by atoms with van der Waals surface area (Å²) in [5.74, 6) is 0.704. The molecule has 5 nitrogen and oxygen atoms in total. The highest BCUT2D eigenvalue weighted by molar-refractivity contribution is 6.32. The first-order valence-corrected chi connectivity index (χ1v) is 7.47.